The summed E-state index contributed by atoms with van der Waals surface area (Å²) in [6, 6.07) is 0. The molecular weight excluding hydrogens is 152 g/mol. The smallest absolute Gasteiger partial charge is 0.00389 e. The summed E-state index contributed by atoms with van der Waals surface area (Å²) < 4.78 is 0. The zero-order chi connectivity index (χ0) is 7.68. The molecule has 1 heterocycles. The molecular formula is C10H16S. The van der Waals surface area contributed by atoms with Crippen LogP contribution in [-0.2, 0) is 0 Å². The maximum Gasteiger partial charge on any atom is -0.00389 e. The van der Waals surface area contributed by atoms with E-state index in [1.54, 1.807) is 4.91 Å². The van der Waals surface area contributed by atoms with Crippen molar-refractivity contribution in [2.45, 2.75) is 39.0 Å². The average molecular weight is 168 g/mol. The Bertz CT molecular complexity index is 172. The fraction of sp³-hybridized carbons (Fsp3) is 0.800. The van der Waals surface area contributed by atoms with E-state index in [9.17, 15) is 0 Å². The van der Waals surface area contributed by atoms with Crippen LogP contribution in [0.2, 0.25) is 0 Å². The quantitative estimate of drug-likeness (QED) is 0.618. The van der Waals surface area contributed by atoms with E-state index < -0.39 is 0 Å². The summed E-state index contributed by atoms with van der Waals surface area (Å²) in [5, 5.41) is 2.30. The number of thioether (sulfide) groups is 1. The first kappa shape index (κ1) is 7.72. The molecule has 0 N–H and O–H groups in total. The van der Waals surface area contributed by atoms with Crippen LogP contribution >= 0.6 is 11.8 Å². The third-order valence-corrected chi connectivity index (χ3v) is 3.74. The number of hydrogen-bond donors (Lipinski definition) is 0. The van der Waals surface area contributed by atoms with Gasteiger partial charge in [-0.25, -0.2) is 0 Å². The lowest BCUT2D eigenvalue weighted by Gasteiger charge is -2.06. The maximum atomic E-state index is 2.33. The molecule has 0 amide bonds. The molecule has 0 spiro atoms. The van der Waals surface area contributed by atoms with E-state index in [1.807, 2.05) is 11.8 Å². The van der Waals surface area contributed by atoms with Crippen molar-refractivity contribution in [1.82, 2.24) is 0 Å². The van der Waals surface area contributed by atoms with Crippen LogP contribution in [0.5, 0.6) is 0 Å². The van der Waals surface area contributed by atoms with Crippen molar-refractivity contribution in [3.05, 3.63) is 10.3 Å². The first-order valence-corrected chi connectivity index (χ1v) is 5.62. The molecule has 0 saturated heterocycles. The Labute approximate surface area is 73.4 Å². The summed E-state index contributed by atoms with van der Waals surface area (Å²) in [6.07, 6.45) is 7.31. The zero-order valence-corrected chi connectivity index (χ0v) is 7.99. The molecule has 2 rings (SSSR count). The van der Waals surface area contributed by atoms with E-state index in [2.05, 4.69) is 12.3 Å². The van der Waals surface area contributed by atoms with Crippen molar-refractivity contribution in [2.24, 2.45) is 11.8 Å². The second-order valence-electron chi connectivity index (χ2n) is 3.86. The van der Waals surface area contributed by atoms with E-state index >= 15 is 0 Å². The highest BCUT2D eigenvalue weighted by Crippen LogP contribution is 2.44. The molecule has 2 aliphatic rings. The lowest BCUT2D eigenvalue weighted by Crippen LogP contribution is -1.94. The minimum Gasteiger partial charge on any atom is -0.101 e. The molecule has 0 aromatic heterocycles. The van der Waals surface area contributed by atoms with Crippen LogP contribution in [0.25, 0.3) is 0 Å². The van der Waals surface area contributed by atoms with Crippen molar-refractivity contribution < 1.29 is 0 Å². The highest BCUT2D eigenvalue weighted by Gasteiger charge is 2.25. The molecule has 1 fully saturated rings. The van der Waals surface area contributed by atoms with Crippen LogP contribution in [0.4, 0.5) is 0 Å². The zero-order valence-electron chi connectivity index (χ0n) is 7.18. The lowest BCUT2D eigenvalue weighted by atomic mass is 10.0. The highest BCUT2D eigenvalue weighted by molar-refractivity contribution is 8.12. The van der Waals surface area contributed by atoms with Gasteiger partial charge in [0.05, 0.1) is 0 Å². The molecule has 11 heavy (non-hydrogen) atoms. The van der Waals surface area contributed by atoms with Gasteiger partial charge in [-0.15, -0.1) is 11.8 Å². The minimum atomic E-state index is 1.04. The average Bonchev–Trinajstić information content (AvgIpc) is 2.68. The van der Waals surface area contributed by atoms with Gasteiger partial charge < -0.3 is 0 Å². The third-order valence-electron chi connectivity index (χ3n) is 3.00. The van der Waals surface area contributed by atoms with Gasteiger partial charge in [0.15, 0.2) is 0 Å². The van der Waals surface area contributed by atoms with Gasteiger partial charge in [0, 0.05) is 0 Å². The standard InChI is InChI=1S/C10H16S/c1-2-8-3-4-9(5-8)6-10-7-11-10/h7-9H,2-6H2,1H3. The van der Waals surface area contributed by atoms with Gasteiger partial charge in [0.25, 0.3) is 0 Å². The minimum absolute atomic E-state index is 1.04. The second kappa shape index (κ2) is 3.22. The topological polar surface area (TPSA) is 0 Å². The van der Waals surface area contributed by atoms with Gasteiger partial charge in [0.1, 0.15) is 0 Å². The summed E-state index contributed by atoms with van der Waals surface area (Å²) >= 11 is 1.96. The Morgan fingerprint density at radius 1 is 1.45 bits per heavy atom. The van der Waals surface area contributed by atoms with Gasteiger partial charge >= 0.3 is 0 Å². The fourth-order valence-electron chi connectivity index (χ4n) is 2.16. The Kier molecular flexibility index (Phi) is 2.26. The molecule has 0 radical (unpaired) electrons. The van der Waals surface area contributed by atoms with E-state index in [4.69, 9.17) is 0 Å². The molecule has 62 valence electrons. The molecule has 0 nitrogen and oxygen atoms in total. The van der Waals surface area contributed by atoms with Crippen molar-refractivity contribution in [3.8, 4) is 0 Å². The molecule has 0 bridgehead atoms. The molecule has 1 heteroatoms. The predicted octanol–water partition coefficient (Wildman–Crippen LogP) is 3.79. The van der Waals surface area contributed by atoms with Crippen molar-refractivity contribution >= 4 is 11.8 Å². The van der Waals surface area contributed by atoms with Crippen molar-refractivity contribution in [1.29, 1.82) is 0 Å². The Balaban J connectivity index is 1.74. The SMILES string of the molecule is CCC1CCC(CC2=CS2)C1. The third kappa shape index (κ3) is 2.02. The lowest BCUT2D eigenvalue weighted by molar-refractivity contribution is 0.483. The molecule has 0 aromatic carbocycles. The van der Waals surface area contributed by atoms with E-state index in [1.165, 1.54) is 32.1 Å². The van der Waals surface area contributed by atoms with Crippen LogP contribution in [0.15, 0.2) is 10.3 Å². The van der Waals surface area contributed by atoms with E-state index in [-0.39, 0.29) is 0 Å². The van der Waals surface area contributed by atoms with Crippen molar-refractivity contribution in [2.75, 3.05) is 0 Å². The van der Waals surface area contributed by atoms with Crippen LogP contribution < -0.4 is 0 Å². The van der Waals surface area contributed by atoms with Crippen molar-refractivity contribution in [3.63, 3.8) is 0 Å². The Hall–Kier alpha value is 0.0900. The number of allylic oxidation sites excluding steroid dienone is 1. The van der Waals surface area contributed by atoms with Gasteiger partial charge in [-0.3, -0.25) is 0 Å². The molecule has 1 saturated carbocycles. The summed E-state index contributed by atoms with van der Waals surface area (Å²) in [5.41, 5.74) is 0. The molecule has 2 unspecified atom stereocenters. The number of hydrogen-bond acceptors (Lipinski definition) is 1. The largest absolute Gasteiger partial charge is 0.101 e. The summed E-state index contributed by atoms with van der Waals surface area (Å²) in [7, 11) is 0. The van der Waals surface area contributed by atoms with Gasteiger partial charge in [-0.05, 0) is 41.4 Å². The summed E-state index contributed by atoms with van der Waals surface area (Å²) in [6.45, 7) is 2.33. The van der Waals surface area contributed by atoms with Crippen LogP contribution in [0.1, 0.15) is 39.0 Å². The molecule has 0 aromatic rings. The second-order valence-corrected chi connectivity index (χ2v) is 4.86. The first-order valence-electron chi connectivity index (χ1n) is 4.74. The Morgan fingerprint density at radius 3 is 2.73 bits per heavy atom. The normalized spacial score (nSPS) is 35.5. The van der Waals surface area contributed by atoms with Gasteiger partial charge in [0.2, 0.25) is 0 Å². The summed E-state index contributed by atoms with van der Waals surface area (Å²) in [4.78, 5) is 1.66. The molecule has 1 aliphatic heterocycles. The maximum absolute atomic E-state index is 2.33. The highest BCUT2D eigenvalue weighted by atomic mass is 32.2. The number of rotatable bonds is 3. The van der Waals surface area contributed by atoms with E-state index in [0.29, 0.717) is 0 Å². The monoisotopic (exact) mass is 168 g/mol. The summed E-state index contributed by atoms with van der Waals surface area (Å²) in [5.74, 6) is 2.10. The fourth-order valence-corrected chi connectivity index (χ4v) is 2.67. The van der Waals surface area contributed by atoms with Crippen LogP contribution in [0.3, 0.4) is 0 Å². The predicted molar refractivity (Wildman–Crippen MR) is 51.4 cm³/mol. The Morgan fingerprint density at radius 2 is 2.18 bits per heavy atom. The first-order chi connectivity index (χ1) is 5.38. The van der Waals surface area contributed by atoms with Gasteiger partial charge in [-0.2, -0.15) is 0 Å². The van der Waals surface area contributed by atoms with Crippen LogP contribution in [-0.4, -0.2) is 0 Å². The van der Waals surface area contributed by atoms with Crippen LogP contribution in [0, 0.1) is 11.8 Å². The van der Waals surface area contributed by atoms with Gasteiger partial charge in [-0.1, -0.05) is 19.8 Å². The van der Waals surface area contributed by atoms with E-state index in [0.717, 1.165) is 11.8 Å². The molecule has 2 atom stereocenters. The molecule has 1 aliphatic carbocycles.